The summed E-state index contributed by atoms with van der Waals surface area (Å²) in [6, 6.07) is 1.39. The van der Waals surface area contributed by atoms with E-state index in [-0.39, 0.29) is 5.82 Å². The van der Waals surface area contributed by atoms with Gasteiger partial charge in [-0.2, -0.15) is 4.68 Å². The molecule has 0 saturated heterocycles. The smallest absolute Gasteiger partial charge is 0.362 e. The highest BCUT2D eigenvalue weighted by atomic mass is 32.1. The van der Waals surface area contributed by atoms with Crippen LogP contribution in [0.5, 0.6) is 0 Å². The largest absolute Gasteiger partial charge is 0.389 e. The van der Waals surface area contributed by atoms with Crippen LogP contribution in [0, 0.1) is 10.1 Å². The standard InChI is InChI=1S/C10H13N5O2S/c1-2-4-11-10-12-6-8(18-10)7-14-5-3-9(13-14)15(16)17/h3,5-6H,2,4,7H2,1H3,(H,11,12). The van der Waals surface area contributed by atoms with Crippen LogP contribution in [0.2, 0.25) is 0 Å². The number of hydrogen-bond donors (Lipinski definition) is 1. The highest BCUT2D eigenvalue weighted by Crippen LogP contribution is 2.19. The van der Waals surface area contributed by atoms with E-state index in [9.17, 15) is 10.1 Å². The molecule has 0 atom stereocenters. The van der Waals surface area contributed by atoms with Gasteiger partial charge >= 0.3 is 5.82 Å². The predicted octanol–water partition coefficient (Wildman–Crippen LogP) is 2.12. The first kappa shape index (κ1) is 12.5. The topological polar surface area (TPSA) is 85.9 Å². The van der Waals surface area contributed by atoms with Crippen molar-refractivity contribution in [2.75, 3.05) is 11.9 Å². The summed E-state index contributed by atoms with van der Waals surface area (Å²) in [6.45, 7) is 3.48. The monoisotopic (exact) mass is 267 g/mol. The van der Waals surface area contributed by atoms with E-state index in [1.165, 1.54) is 22.1 Å². The fourth-order valence-electron chi connectivity index (χ4n) is 1.39. The van der Waals surface area contributed by atoms with Crippen LogP contribution in [0.3, 0.4) is 0 Å². The number of nitrogens with zero attached hydrogens (tertiary/aromatic N) is 4. The zero-order chi connectivity index (χ0) is 13.0. The molecule has 0 saturated carbocycles. The summed E-state index contributed by atoms with van der Waals surface area (Å²) in [5.41, 5.74) is 0. The zero-order valence-corrected chi connectivity index (χ0v) is 10.7. The first-order valence-corrected chi connectivity index (χ1v) is 6.37. The summed E-state index contributed by atoms with van der Waals surface area (Å²) in [5.74, 6) is -0.135. The molecule has 96 valence electrons. The molecule has 2 heterocycles. The molecule has 0 unspecified atom stereocenters. The molecule has 2 aromatic rings. The Labute approximate surface area is 108 Å². The molecule has 18 heavy (non-hydrogen) atoms. The Morgan fingerprint density at radius 3 is 3.11 bits per heavy atom. The second-order valence-electron chi connectivity index (χ2n) is 3.69. The molecule has 7 nitrogen and oxygen atoms in total. The number of anilines is 1. The SMILES string of the molecule is CCCNc1ncc(Cn2ccc([N+](=O)[O-])n2)s1. The Kier molecular flexibility index (Phi) is 3.88. The van der Waals surface area contributed by atoms with Gasteiger partial charge in [0, 0.05) is 12.7 Å². The maximum Gasteiger partial charge on any atom is 0.389 e. The van der Waals surface area contributed by atoms with E-state index in [0.29, 0.717) is 6.54 Å². The van der Waals surface area contributed by atoms with Crippen molar-refractivity contribution in [2.24, 2.45) is 0 Å². The van der Waals surface area contributed by atoms with Crippen LogP contribution in [0.1, 0.15) is 18.2 Å². The lowest BCUT2D eigenvalue weighted by Gasteiger charge is -1.96. The third kappa shape index (κ3) is 3.04. The number of nitrogens with one attached hydrogen (secondary N) is 1. The minimum absolute atomic E-state index is 0.135. The van der Waals surface area contributed by atoms with Gasteiger partial charge in [-0.05, 0) is 11.3 Å². The Bertz CT molecular complexity index is 536. The highest BCUT2D eigenvalue weighted by Gasteiger charge is 2.12. The number of aromatic nitrogens is 3. The summed E-state index contributed by atoms with van der Waals surface area (Å²) >= 11 is 1.53. The summed E-state index contributed by atoms with van der Waals surface area (Å²) in [7, 11) is 0. The average molecular weight is 267 g/mol. The molecule has 0 radical (unpaired) electrons. The number of rotatable bonds is 6. The molecule has 0 amide bonds. The molecule has 2 rings (SSSR count). The van der Waals surface area contributed by atoms with Gasteiger partial charge in [-0.15, -0.1) is 11.3 Å². The van der Waals surface area contributed by atoms with Gasteiger partial charge in [0.2, 0.25) is 0 Å². The van der Waals surface area contributed by atoms with E-state index in [1.807, 2.05) is 0 Å². The second-order valence-corrected chi connectivity index (χ2v) is 4.80. The van der Waals surface area contributed by atoms with E-state index in [0.717, 1.165) is 23.0 Å². The van der Waals surface area contributed by atoms with Crippen molar-refractivity contribution >= 4 is 22.3 Å². The maximum atomic E-state index is 10.5. The van der Waals surface area contributed by atoms with Gasteiger partial charge in [0.05, 0.1) is 28.8 Å². The molecular weight excluding hydrogens is 254 g/mol. The fraction of sp³-hybridized carbons (Fsp3) is 0.400. The van der Waals surface area contributed by atoms with E-state index in [4.69, 9.17) is 0 Å². The van der Waals surface area contributed by atoms with E-state index in [1.54, 1.807) is 12.4 Å². The van der Waals surface area contributed by atoms with Gasteiger partial charge in [-0.25, -0.2) is 4.98 Å². The summed E-state index contributed by atoms with van der Waals surface area (Å²) in [5, 5.41) is 18.4. The van der Waals surface area contributed by atoms with Crippen LogP contribution >= 0.6 is 11.3 Å². The molecule has 8 heteroatoms. The normalized spacial score (nSPS) is 10.5. The van der Waals surface area contributed by atoms with E-state index < -0.39 is 4.92 Å². The van der Waals surface area contributed by atoms with Gasteiger partial charge in [0.1, 0.15) is 0 Å². The molecule has 0 aliphatic carbocycles. The van der Waals surface area contributed by atoms with Crippen molar-refractivity contribution in [3.8, 4) is 0 Å². The minimum atomic E-state index is -0.503. The second kappa shape index (κ2) is 5.58. The van der Waals surface area contributed by atoms with Gasteiger partial charge < -0.3 is 15.4 Å². The average Bonchev–Trinajstić information content (AvgIpc) is 2.96. The van der Waals surface area contributed by atoms with Crippen LogP contribution in [-0.4, -0.2) is 26.2 Å². The van der Waals surface area contributed by atoms with Crippen molar-refractivity contribution in [3.63, 3.8) is 0 Å². The molecule has 0 fully saturated rings. The lowest BCUT2D eigenvalue weighted by Crippen LogP contribution is -1.99. The van der Waals surface area contributed by atoms with Crippen LogP contribution in [0.15, 0.2) is 18.5 Å². The van der Waals surface area contributed by atoms with Crippen LogP contribution < -0.4 is 5.32 Å². The zero-order valence-electron chi connectivity index (χ0n) is 9.87. The minimum Gasteiger partial charge on any atom is -0.362 e. The Hall–Kier alpha value is -1.96. The van der Waals surface area contributed by atoms with Crippen molar-refractivity contribution in [1.82, 2.24) is 14.8 Å². The number of hydrogen-bond acceptors (Lipinski definition) is 6. The van der Waals surface area contributed by atoms with Crippen LogP contribution in [0.25, 0.3) is 0 Å². The summed E-state index contributed by atoms with van der Waals surface area (Å²) < 4.78 is 1.54. The molecule has 0 aliphatic heterocycles. The van der Waals surface area contributed by atoms with Crippen molar-refractivity contribution in [1.29, 1.82) is 0 Å². The predicted molar refractivity (Wildman–Crippen MR) is 68.9 cm³/mol. The Morgan fingerprint density at radius 1 is 1.61 bits per heavy atom. The Morgan fingerprint density at radius 2 is 2.44 bits per heavy atom. The molecule has 1 N–H and O–H groups in total. The third-order valence-electron chi connectivity index (χ3n) is 2.21. The van der Waals surface area contributed by atoms with Crippen molar-refractivity contribution in [3.05, 3.63) is 33.5 Å². The van der Waals surface area contributed by atoms with Crippen LogP contribution in [0.4, 0.5) is 10.9 Å². The van der Waals surface area contributed by atoms with E-state index >= 15 is 0 Å². The molecule has 0 aromatic carbocycles. The number of nitro groups is 1. The molecular formula is C10H13N5O2S. The summed E-state index contributed by atoms with van der Waals surface area (Å²) in [4.78, 5) is 15.2. The van der Waals surface area contributed by atoms with Crippen LogP contribution in [-0.2, 0) is 6.54 Å². The van der Waals surface area contributed by atoms with Gasteiger partial charge in [-0.1, -0.05) is 6.92 Å². The lowest BCUT2D eigenvalue weighted by molar-refractivity contribution is -0.389. The summed E-state index contributed by atoms with van der Waals surface area (Å²) in [6.07, 6.45) is 4.40. The Balaban J connectivity index is 1.99. The van der Waals surface area contributed by atoms with Crippen molar-refractivity contribution < 1.29 is 4.92 Å². The molecule has 0 spiro atoms. The molecule has 0 bridgehead atoms. The first-order valence-electron chi connectivity index (χ1n) is 5.55. The van der Waals surface area contributed by atoms with Gasteiger partial charge in [0.15, 0.2) is 5.13 Å². The number of thiazole rings is 1. The molecule has 2 aromatic heterocycles. The lowest BCUT2D eigenvalue weighted by atomic mass is 10.5. The molecule has 0 aliphatic rings. The third-order valence-corrected chi connectivity index (χ3v) is 3.15. The van der Waals surface area contributed by atoms with Crippen molar-refractivity contribution in [2.45, 2.75) is 19.9 Å². The quantitative estimate of drug-likeness (QED) is 0.640. The first-order chi connectivity index (χ1) is 8.69. The van der Waals surface area contributed by atoms with E-state index in [2.05, 4.69) is 22.3 Å². The van der Waals surface area contributed by atoms with Gasteiger partial charge in [0.25, 0.3) is 0 Å². The van der Waals surface area contributed by atoms with Gasteiger partial charge in [-0.3, -0.25) is 0 Å². The highest BCUT2D eigenvalue weighted by molar-refractivity contribution is 7.15. The fourth-order valence-corrected chi connectivity index (χ4v) is 2.22. The maximum absolute atomic E-state index is 10.5.